The molecule has 0 heterocycles. The van der Waals surface area contributed by atoms with Gasteiger partial charge in [-0.25, -0.2) is 26.3 Å². The molecule has 0 amide bonds. The van der Waals surface area contributed by atoms with Crippen molar-refractivity contribution in [3.8, 4) is 0 Å². The lowest BCUT2D eigenvalue weighted by Crippen LogP contribution is -2.12. The van der Waals surface area contributed by atoms with E-state index in [1.807, 2.05) is 298 Å². The Balaban J connectivity index is 0.000000136. The molecule has 0 aliphatic heterocycles. The molecule has 0 unspecified atom stereocenters. The van der Waals surface area contributed by atoms with E-state index in [9.17, 15) is 26.3 Å². The number of nitrogens with zero attached hydrogens (tertiary/aromatic N) is 6. The van der Waals surface area contributed by atoms with Gasteiger partial charge in [0.2, 0.25) is 0 Å². The van der Waals surface area contributed by atoms with Crippen LogP contribution in [0.25, 0.3) is 97.0 Å². The third-order valence-corrected chi connectivity index (χ3v) is 25.2. The zero-order valence-electron chi connectivity index (χ0n) is 101. The molecular formula is C128H94F6N6. The fourth-order valence-corrected chi connectivity index (χ4v) is 19.3. The molecule has 24 rings (SSSR count). The molecular weight excluding hydrogens is 1740 g/mol. The van der Waals surface area contributed by atoms with Crippen molar-refractivity contribution in [3.63, 3.8) is 0 Å². The van der Waals surface area contributed by atoms with Gasteiger partial charge in [-0.15, -0.1) is 0 Å². The first-order valence-electron chi connectivity index (χ1n) is 57.1. The molecule has 0 saturated carbocycles. The van der Waals surface area contributed by atoms with Crippen molar-refractivity contribution in [1.29, 1.82) is 0 Å². The van der Waals surface area contributed by atoms with E-state index in [0.29, 0.717) is 101 Å². The van der Waals surface area contributed by atoms with Crippen LogP contribution in [0.1, 0.15) is 77.4 Å². The highest BCUT2D eigenvalue weighted by Crippen LogP contribution is 2.54. The molecule has 0 aliphatic rings. The number of hydrogen-bond acceptors (Lipinski definition) is 6. The van der Waals surface area contributed by atoms with E-state index in [1.54, 1.807) is 65.8 Å². The van der Waals surface area contributed by atoms with Crippen LogP contribution in [0.2, 0.25) is 0 Å². The zero-order chi connectivity index (χ0) is 117. The van der Waals surface area contributed by atoms with E-state index in [0.717, 1.165) is 109 Å². The van der Waals surface area contributed by atoms with Gasteiger partial charge in [0.25, 0.3) is 0 Å². The summed E-state index contributed by atoms with van der Waals surface area (Å²) < 4.78 is 296. The van der Waals surface area contributed by atoms with Gasteiger partial charge in [0, 0.05) is 101 Å². The van der Waals surface area contributed by atoms with Crippen molar-refractivity contribution in [3.05, 3.63) is 503 Å². The minimum atomic E-state index is -1.23. The SMILES string of the molecule is [2H]c1c([2H])c(N(c2cc(C)cc(C)c2)c2ccc3ccc4c(N(c5cc(C)cc(C)c5)c5c([2H])c([2H])c(F)c([2H])c5[2H])ccc5ccc2c3c54)c([2H])c([2H])c1F.[2H]c1c([2H])c(N(c2ccc(C)cc2)c2ccc3ccc4c(N(c5ccc(C)cc5)c5c([2H])c([2H])c(F)c([2H])c5[2H])ccc5ccc2c3c54)c([2H])c([2H])c1F.[2H]c1c([2H])c(N(c2cccc(C)c2)c2ccc3ccc4c(N(c5cccc(C)c5)c5c([2H])c([2H])c(F)c([2H])c5[2H])ccc5ccc2c3c54)c([2H])c([2H])c1F. The second-order valence-corrected chi connectivity index (χ2v) is 34.8. The van der Waals surface area contributed by atoms with Crippen LogP contribution >= 0.6 is 0 Å². The Hall–Kier alpha value is -17.2. The van der Waals surface area contributed by atoms with Gasteiger partial charge in [-0.3, -0.25) is 0 Å². The molecule has 0 spiro atoms. The number of hydrogen-bond donors (Lipinski definition) is 0. The smallest absolute Gasteiger partial charge is 0.123 e. The lowest BCUT2D eigenvalue weighted by atomic mass is 9.91. The van der Waals surface area contributed by atoms with Crippen LogP contribution in [0.4, 0.5) is 129 Å². The summed E-state index contributed by atoms with van der Waals surface area (Å²) in [5, 5.41) is 14.0. The molecule has 24 aromatic carbocycles. The Bertz CT molecular complexity index is 9660. The highest BCUT2D eigenvalue weighted by molar-refractivity contribution is 6.31. The molecule has 0 N–H and O–H groups in total. The molecule has 0 atom stereocenters. The van der Waals surface area contributed by atoms with Gasteiger partial charge >= 0.3 is 0 Å². The van der Waals surface area contributed by atoms with Crippen molar-refractivity contribution in [2.45, 2.75) is 55.4 Å². The Morgan fingerprint density at radius 3 is 0.529 bits per heavy atom. The number of anilines is 18. The first-order chi connectivity index (χ1) is 78.2. The summed E-state index contributed by atoms with van der Waals surface area (Å²) in [7, 11) is 0. The quantitative estimate of drug-likeness (QED) is 0.0625. The Kier molecular flexibility index (Phi) is 16.8. The van der Waals surface area contributed by atoms with Gasteiger partial charge < -0.3 is 29.4 Å². The monoisotopic (exact) mass is 1850 g/mol. The van der Waals surface area contributed by atoms with Crippen LogP contribution in [-0.2, 0) is 0 Å². The van der Waals surface area contributed by atoms with Crippen LogP contribution < -0.4 is 29.4 Å². The number of halogens is 6. The van der Waals surface area contributed by atoms with Crippen molar-refractivity contribution < 1.29 is 59.2 Å². The molecule has 0 bridgehead atoms. The van der Waals surface area contributed by atoms with Crippen LogP contribution in [0.15, 0.2) is 424 Å². The summed E-state index contributed by atoms with van der Waals surface area (Å²) in [6, 6.07) is 70.7. The van der Waals surface area contributed by atoms with E-state index in [4.69, 9.17) is 32.9 Å². The molecule has 6 nitrogen and oxygen atoms in total. The highest BCUT2D eigenvalue weighted by Gasteiger charge is 2.29. The molecule has 140 heavy (non-hydrogen) atoms. The first-order valence-corrected chi connectivity index (χ1v) is 45.1. The number of rotatable bonds is 18. The van der Waals surface area contributed by atoms with Gasteiger partial charge in [0.15, 0.2) is 0 Å². The molecule has 0 saturated heterocycles. The average Bonchev–Trinajstić information content (AvgIpc) is 0.697. The number of aryl methyl sites for hydroxylation is 8. The first kappa shape index (κ1) is 64.7. The summed E-state index contributed by atoms with van der Waals surface area (Å²) in [5.41, 5.74) is 13.0. The topological polar surface area (TPSA) is 19.4 Å². The summed E-state index contributed by atoms with van der Waals surface area (Å²) >= 11 is 0. The van der Waals surface area contributed by atoms with E-state index in [1.165, 1.54) is 0 Å². The molecule has 0 aromatic heterocycles. The van der Waals surface area contributed by atoms with Crippen molar-refractivity contribution in [2.24, 2.45) is 0 Å². The van der Waals surface area contributed by atoms with Crippen LogP contribution in [0.3, 0.4) is 0 Å². The third-order valence-electron chi connectivity index (χ3n) is 25.2. The maximum Gasteiger partial charge on any atom is 0.123 e. The van der Waals surface area contributed by atoms with Crippen LogP contribution in [0.5, 0.6) is 0 Å². The highest BCUT2D eigenvalue weighted by atomic mass is 19.1. The lowest BCUT2D eigenvalue weighted by Gasteiger charge is -2.30. The van der Waals surface area contributed by atoms with Crippen LogP contribution in [-0.4, -0.2) is 0 Å². The van der Waals surface area contributed by atoms with Crippen molar-refractivity contribution in [2.75, 3.05) is 29.4 Å². The fraction of sp³-hybridized carbons (Fsp3) is 0.0625. The molecule has 0 fully saturated rings. The summed E-state index contributed by atoms with van der Waals surface area (Å²) in [6.07, 6.45) is 0. The Labute approximate surface area is 843 Å². The summed E-state index contributed by atoms with van der Waals surface area (Å²) in [6.45, 7) is 15.3. The average molecular weight is 1850 g/mol. The van der Waals surface area contributed by atoms with Gasteiger partial charge in [-0.1, -0.05) is 181 Å². The molecule has 0 aliphatic carbocycles. The Morgan fingerprint density at radius 2 is 0.329 bits per heavy atom. The van der Waals surface area contributed by atoms with Gasteiger partial charge in [-0.05, 0) is 408 Å². The van der Waals surface area contributed by atoms with Crippen molar-refractivity contribution >= 4 is 199 Å². The van der Waals surface area contributed by atoms with Gasteiger partial charge in [-0.2, -0.15) is 0 Å². The molecule has 678 valence electrons. The molecule has 24 aromatic rings. The van der Waals surface area contributed by atoms with E-state index < -0.39 is 180 Å². The number of benzene rings is 24. The maximum absolute atomic E-state index is 15.0. The van der Waals surface area contributed by atoms with Crippen LogP contribution in [0, 0.1) is 90.3 Å². The van der Waals surface area contributed by atoms with Crippen molar-refractivity contribution in [1.82, 2.24) is 0 Å². The van der Waals surface area contributed by atoms with Gasteiger partial charge in [0.1, 0.15) is 34.9 Å². The summed E-state index contributed by atoms with van der Waals surface area (Å²) in [5.74, 6) is -7.40. The minimum Gasteiger partial charge on any atom is -0.310 e. The van der Waals surface area contributed by atoms with Gasteiger partial charge in [0.05, 0.1) is 67.0 Å². The minimum absolute atomic E-state index is 0.109. The zero-order valence-corrected chi connectivity index (χ0v) is 76.5. The predicted molar refractivity (Wildman–Crippen MR) is 576 cm³/mol. The fourth-order valence-electron chi connectivity index (χ4n) is 19.3. The Morgan fingerprint density at radius 1 is 0.150 bits per heavy atom. The predicted octanol–water partition coefficient (Wildman–Crippen LogP) is 37.9. The second-order valence-electron chi connectivity index (χ2n) is 34.8. The maximum atomic E-state index is 15.0. The molecule has 12 heteroatoms. The van der Waals surface area contributed by atoms with E-state index in [2.05, 4.69) is 0 Å². The van der Waals surface area contributed by atoms with E-state index in [-0.39, 0.29) is 34.1 Å². The lowest BCUT2D eigenvalue weighted by molar-refractivity contribution is 0.627. The normalized spacial score (nSPS) is 13.9. The largest absolute Gasteiger partial charge is 0.310 e. The summed E-state index contributed by atoms with van der Waals surface area (Å²) in [4.78, 5) is 9.79. The van der Waals surface area contributed by atoms with E-state index >= 15 is 0 Å². The third kappa shape index (κ3) is 16.6. The molecule has 0 radical (unpaired) electrons. The second kappa shape index (κ2) is 36.4. The standard InChI is InChI=1S/C44H34F2N2.2C42H30F2N2/c1-27-21-28(2)24-37(23-27)47(35-13-9-33(45)10-14-35)41-19-7-31-6-18-40-42(20-8-32-5-17-39(41)43(31)44(32)40)48(36-15-11-34(46)12-16-36)38-25-29(3)22-30(4)26-38;1-27-3-15-33(16-4-27)45(35-19-11-31(43)12-20-35)39-25-9-29-8-24-38-40(26-10-30-7-23-37(39)41(29)42(30)38)46(34-17-5-28(2)6-18-34)36-21-13-32(44)14-22-36;1-27-5-3-7-35(25-27)45(33-17-13-31(43)14-18-33)39-23-11-29-10-22-38-40(24-12-30-9-21-37(39)41(29)42(30)38)46(34-19-15-32(44)16-20-34)36-8-4-6-28(2)26-36/h5-26H,1-4H3;2*3-26H,1-2H3/i9D,10D,11D,12D,13D,14D,15D,16D;11D,12D,13D,14D,19D,20D,21D,22D;13D,14D,15D,16D,17D,18D,19D,20D.